The molecule has 2 rings (SSSR count). The molecule has 0 radical (unpaired) electrons. The summed E-state index contributed by atoms with van der Waals surface area (Å²) in [6.45, 7) is 3.61. The Morgan fingerprint density at radius 2 is 2.12 bits per heavy atom. The van der Waals surface area contributed by atoms with Gasteiger partial charge in [0, 0.05) is 19.0 Å². The zero-order valence-electron chi connectivity index (χ0n) is 9.69. The van der Waals surface area contributed by atoms with Gasteiger partial charge in [-0.2, -0.15) is 5.10 Å². The van der Waals surface area contributed by atoms with Gasteiger partial charge in [0.2, 0.25) is 0 Å². The van der Waals surface area contributed by atoms with Crippen LogP contribution in [-0.2, 0) is 13.5 Å². The van der Waals surface area contributed by atoms with Crippen LogP contribution in [0.3, 0.4) is 0 Å². The van der Waals surface area contributed by atoms with Gasteiger partial charge in [-0.1, -0.05) is 16.1 Å². The van der Waals surface area contributed by atoms with Gasteiger partial charge in [0.05, 0.1) is 11.4 Å². The van der Waals surface area contributed by atoms with E-state index in [1.54, 1.807) is 18.7 Å². The first-order valence-electron chi connectivity index (χ1n) is 5.00. The summed E-state index contributed by atoms with van der Waals surface area (Å²) < 4.78 is 5.32. The first-order chi connectivity index (χ1) is 8.00. The van der Waals surface area contributed by atoms with Crippen molar-refractivity contribution >= 4 is 28.9 Å². The summed E-state index contributed by atoms with van der Waals surface area (Å²) >= 11 is 7.19. The Morgan fingerprint density at radius 3 is 2.59 bits per heavy atom. The maximum absolute atomic E-state index is 12.0. The number of nitrogens with zero attached hydrogens (tertiary/aromatic N) is 4. The van der Waals surface area contributed by atoms with Gasteiger partial charge >= 0.3 is 0 Å². The Labute approximate surface area is 108 Å². The Balaban J connectivity index is 2.28. The van der Waals surface area contributed by atoms with Gasteiger partial charge in [-0.25, -0.2) is 0 Å². The van der Waals surface area contributed by atoms with Crippen LogP contribution in [0.25, 0.3) is 0 Å². The number of aryl methyl sites for hydroxylation is 3. The predicted molar refractivity (Wildman–Crippen MR) is 65.6 cm³/mol. The van der Waals surface area contributed by atoms with E-state index in [0.717, 1.165) is 22.8 Å². The molecule has 0 aromatic carbocycles. The van der Waals surface area contributed by atoms with E-state index in [4.69, 9.17) is 11.6 Å². The van der Waals surface area contributed by atoms with Crippen molar-refractivity contribution in [2.45, 2.75) is 20.3 Å². The van der Waals surface area contributed by atoms with Crippen molar-refractivity contribution in [2.75, 3.05) is 0 Å². The summed E-state index contributed by atoms with van der Waals surface area (Å²) in [5, 5.41) is 8.50. The molecular weight excluding hydrogens is 260 g/mol. The molecule has 0 unspecified atom stereocenters. The molecule has 5 nitrogen and oxygen atoms in total. The van der Waals surface area contributed by atoms with Gasteiger partial charge < -0.3 is 0 Å². The van der Waals surface area contributed by atoms with Gasteiger partial charge in [0.1, 0.15) is 10.0 Å². The van der Waals surface area contributed by atoms with Crippen LogP contribution in [0.4, 0.5) is 0 Å². The molecule has 2 aromatic rings. The number of rotatable bonds is 3. The smallest absolute Gasteiger partial charge is 0.180 e. The number of carbonyl (C=O) groups excluding carboxylic acids is 1. The third kappa shape index (κ3) is 2.23. The van der Waals surface area contributed by atoms with E-state index in [0.29, 0.717) is 15.7 Å². The number of ketones is 1. The Hall–Kier alpha value is -1.27. The second-order valence-corrected chi connectivity index (χ2v) is 4.88. The Bertz CT molecular complexity index is 575. The van der Waals surface area contributed by atoms with E-state index in [9.17, 15) is 4.79 Å². The fraction of sp³-hybridized carbons (Fsp3) is 0.400. The van der Waals surface area contributed by atoms with Gasteiger partial charge in [-0.05, 0) is 25.4 Å². The number of hydrogen-bond donors (Lipinski definition) is 0. The summed E-state index contributed by atoms with van der Waals surface area (Å²) in [5.74, 6) is -0.0181. The van der Waals surface area contributed by atoms with E-state index >= 15 is 0 Å². The van der Waals surface area contributed by atoms with Gasteiger partial charge in [-0.15, -0.1) is 5.10 Å². The van der Waals surface area contributed by atoms with Crippen molar-refractivity contribution in [3.63, 3.8) is 0 Å². The first-order valence-corrected chi connectivity index (χ1v) is 6.16. The summed E-state index contributed by atoms with van der Waals surface area (Å²) in [7, 11) is 1.75. The van der Waals surface area contributed by atoms with Gasteiger partial charge in [0.15, 0.2) is 5.78 Å². The molecule has 0 spiro atoms. The van der Waals surface area contributed by atoms with E-state index in [1.165, 1.54) is 0 Å². The molecule has 0 bridgehead atoms. The van der Waals surface area contributed by atoms with Gasteiger partial charge in [0.25, 0.3) is 0 Å². The highest BCUT2D eigenvalue weighted by Gasteiger charge is 2.19. The summed E-state index contributed by atoms with van der Waals surface area (Å²) in [5.41, 5.74) is 2.21. The Morgan fingerprint density at radius 1 is 1.41 bits per heavy atom. The normalized spacial score (nSPS) is 10.8. The van der Waals surface area contributed by atoms with E-state index in [1.807, 2.05) is 6.92 Å². The zero-order chi connectivity index (χ0) is 12.6. The molecule has 0 N–H and O–H groups in total. The highest BCUT2D eigenvalue weighted by atomic mass is 35.5. The van der Waals surface area contributed by atoms with Crippen LogP contribution in [0, 0.1) is 13.8 Å². The minimum Gasteiger partial charge on any atom is -0.293 e. The van der Waals surface area contributed by atoms with Crippen LogP contribution in [-0.4, -0.2) is 25.2 Å². The van der Waals surface area contributed by atoms with E-state index in [2.05, 4.69) is 14.7 Å². The summed E-state index contributed by atoms with van der Waals surface area (Å²) in [4.78, 5) is 12.6. The molecule has 2 aromatic heterocycles. The second-order valence-electron chi connectivity index (χ2n) is 3.77. The maximum atomic E-state index is 12.0. The van der Waals surface area contributed by atoms with Gasteiger partial charge in [-0.3, -0.25) is 9.48 Å². The lowest BCUT2D eigenvalue weighted by molar-refractivity contribution is 0.0996. The van der Waals surface area contributed by atoms with E-state index in [-0.39, 0.29) is 12.2 Å². The third-order valence-electron chi connectivity index (χ3n) is 2.51. The largest absolute Gasteiger partial charge is 0.293 e. The fourth-order valence-corrected chi connectivity index (χ4v) is 2.44. The molecule has 0 amide bonds. The summed E-state index contributed by atoms with van der Waals surface area (Å²) in [6.07, 6.45) is 0.239. The molecule has 0 aliphatic rings. The van der Waals surface area contributed by atoms with Crippen molar-refractivity contribution in [1.82, 2.24) is 19.4 Å². The van der Waals surface area contributed by atoms with Crippen molar-refractivity contribution in [3.8, 4) is 0 Å². The van der Waals surface area contributed by atoms with Crippen molar-refractivity contribution in [1.29, 1.82) is 0 Å². The van der Waals surface area contributed by atoms with Crippen molar-refractivity contribution < 1.29 is 4.79 Å². The molecular formula is C10H11ClN4OS. The molecule has 0 fully saturated rings. The van der Waals surface area contributed by atoms with Crippen LogP contribution in [0.5, 0.6) is 0 Å². The lowest BCUT2D eigenvalue weighted by atomic mass is 10.1. The Kier molecular flexibility index (Phi) is 3.26. The van der Waals surface area contributed by atoms with Crippen LogP contribution in [0.1, 0.15) is 26.6 Å². The third-order valence-corrected chi connectivity index (χ3v) is 3.85. The minimum absolute atomic E-state index is 0.0181. The van der Waals surface area contributed by atoms with Crippen LogP contribution in [0.15, 0.2) is 0 Å². The number of hydrogen-bond acceptors (Lipinski definition) is 5. The lowest BCUT2D eigenvalue weighted by Crippen LogP contribution is -2.04. The zero-order valence-corrected chi connectivity index (χ0v) is 11.3. The number of aromatic nitrogens is 4. The molecule has 90 valence electrons. The standard InChI is InChI=1S/C10H11ClN4OS/c1-5-7(10(11)15(3)13-5)4-8(16)9-6(2)12-14-17-9/h4H2,1-3H3. The molecule has 2 heterocycles. The molecule has 0 atom stereocenters. The van der Waals surface area contributed by atoms with Crippen LogP contribution < -0.4 is 0 Å². The maximum Gasteiger partial charge on any atom is 0.180 e. The molecule has 0 saturated heterocycles. The molecule has 0 aliphatic carbocycles. The monoisotopic (exact) mass is 270 g/mol. The predicted octanol–water partition coefficient (Wildman–Crippen LogP) is 1.97. The topological polar surface area (TPSA) is 60.7 Å². The molecule has 0 saturated carbocycles. The van der Waals surface area contributed by atoms with Crippen molar-refractivity contribution in [2.24, 2.45) is 7.05 Å². The number of Topliss-reactive ketones (excluding diaryl/α,β-unsaturated/α-hetero) is 1. The van der Waals surface area contributed by atoms with Crippen LogP contribution >= 0.6 is 23.1 Å². The summed E-state index contributed by atoms with van der Waals surface area (Å²) in [6, 6.07) is 0. The van der Waals surface area contributed by atoms with Crippen LogP contribution in [0.2, 0.25) is 5.15 Å². The average molecular weight is 271 g/mol. The SMILES string of the molecule is Cc1nnsc1C(=O)Cc1c(C)nn(C)c1Cl. The highest BCUT2D eigenvalue weighted by molar-refractivity contribution is 7.08. The molecule has 7 heteroatoms. The quantitative estimate of drug-likeness (QED) is 0.800. The van der Waals surface area contributed by atoms with E-state index < -0.39 is 0 Å². The highest BCUT2D eigenvalue weighted by Crippen LogP contribution is 2.22. The number of carbonyl (C=O) groups is 1. The molecule has 0 aliphatic heterocycles. The lowest BCUT2D eigenvalue weighted by Gasteiger charge is -1.98. The average Bonchev–Trinajstić information content (AvgIpc) is 2.78. The first kappa shape index (κ1) is 12.2. The molecule has 17 heavy (non-hydrogen) atoms. The minimum atomic E-state index is -0.0181. The van der Waals surface area contributed by atoms with Crippen molar-refractivity contribution in [3.05, 3.63) is 27.0 Å². The second kappa shape index (κ2) is 4.54. The number of halogens is 1. The fourth-order valence-electron chi connectivity index (χ4n) is 1.60.